The zero-order valence-corrected chi connectivity index (χ0v) is 11.6. The van der Waals surface area contributed by atoms with Crippen molar-refractivity contribution in [1.82, 2.24) is 5.32 Å². The van der Waals surface area contributed by atoms with Crippen LogP contribution in [0.3, 0.4) is 0 Å². The number of nitrogens with one attached hydrogen (secondary N) is 1. The summed E-state index contributed by atoms with van der Waals surface area (Å²) in [5.74, 6) is -0.0662. The Hall–Kier alpha value is -0.620. The second-order valence-electron chi connectivity index (χ2n) is 3.82. The molecule has 1 rings (SSSR count). The standard InChI is InChI=1S/C12H16INO2/c1-8-4-3-5-10(13)11(8)12(16)14-9(2)6-7-15/h3-5,9,15H,6-7H2,1-2H3,(H,14,16). The Balaban J connectivity index is 2.80. The molecule has 1 aromatic carbocycles. The molecule has 88 valence electrons. The number of aryl methyl sites for hydroxylation is 1. The molecule has 0 aliphatic heterocycles. The first-order valence-electron chi connectivity index (χ1n) is 5.23. The second-order valence-corrected chi connectivity index (χ2v) is 4.98. The van der Waals surface area contributed by atoms with E-state index in [0.29, 0.717) is 6.42 Å². The number of benzene rings is 1. The number of halogens is 1. The summed E-state index contributed by atoms with van der Waals surface area (Å²) < 4.78 is 0.950. The summed E-state index contributed by atoms with van der Waals surface area (Å²) in [6.45, 7) is 3.90. The van der Waals surface area contributed by atoms with Gasteiger partial charge in [0.1, 0.15) is 0 Å². The Labute approximate surface area is 109 Å². The number of carbonyl (C=O) groups excluding carboxylic acids is 1. The first-order chi connectivity index (χ1) is 7.56. The molecule has 0 saturated heterocycles. The van der Waals surface area contributed by atoms with Crippen LogP contribution in [-0.2, 0) is 0 Å². The minimum absolute atomic E-state index is 0.00657. The fraction of sp³-hybridized carbons (Fsp3) is 0.417. The van der Waals surface area contributed by atoms with Crippen molar-refractivity contribution in [1.29, 1.82) is 0 Å². The molecule has 1 amide bonds. The number of amides is 1. The second kappa shape index (κ2) is 6.20. The van der Waals surface area contributed by atoms with Gasteiger partial charge in [0, 0.05) is 16.2 Å². The minimum Gasteiger partial charge on any atom is -0.396 e. The molecular weight excluding hydrogens is 317 g/mol. The van der Waals surface area contributed by atoms with Gasteiger partial charge in [0.25, 0.3) is 5.91 Å². The van der Waals surface area contributed by atoms with Crippen LogP contribution in [0.1, 0.15) is 29.3 Å². The lowest BCUT2D eigenvalue weighted by atomic mass is 10.1. The third-order valence-corrected chi connectivity index (χ3v) is 3.29. The molecule has 1 unspecified atom stereocenters. The fourth-order valence-electron chi connectivity index (χ4n) is 1.48. The van der Waals surface area contributed by atoms with Crippen molar-refractivity contribution in [3.63, 3.8) is 0 Å². The Morgan fingerprint density at radius 3 is 2.81 bits per heavy atom. The number of aliphatic hydroxyl groups is 1. The number of aliphatic hydroxyl groups excluding tert-OH is 1. The van der Waals surface area contributed by atoms with Crippen LogP contribution in [-0.4, -0.2) is 23.7 Å². The van der Waals surface area contributed by atoms with Crippen molar-refractivity contribution in [3.8, 4) is 0 Å². The van der Waals surface area contributed by atoms with E-state index in [-0.39, 0.29) is 18.6 Å². The summed E-state index contributed by atoms with van der Waals surface area (Å²) in [6, 6.07) is 5.77. The Morgan fingerprint density at radius 2 is 2.25 bits per heavy atom. The van der Waals surface area contributed by atoms with Crippen molar-refractivity contribution >= 4 is 28.5 Å². The SMILES string of the molecule is Cc1cccc(I)c1C(=O)NC(C)CCO. The van der Waals surface area contributed by atoms with Crippen LogP contribution in [0.2, 0.25) is 0 Å². The molecule has 2 N–H and O–H groups in total. The fourth-order valence-corrected chi connectivity index (χ4v) is 2.36. The summed E-state index contributed by atoms with van der Waals surface area (Å²) in [4.78, 5) is 12.0. The molecule has 1 aromatic rings. The highest BCUT2D eigenvalue weighted by Gasteiger charge is 2.14. The van der Waals surface area contributed by atoms with E-state index in [2.05, 4.69) is 27.9 Å². The van der Waals surface area contributed by atoms with Gasteiger partial charge in [0.15, 0.2) is 0 Å². The van der Waals surface area contributed by atoms with Gasteiger partial charge in [-0.05, 0) is 54.5 Å². The van der Waals surface area contributed by atoms with E-state index < -0.39 is 0 Å². The Kier molecular flexibility index (Phi) is 5.21. The van der Waals surface area contributed by atoms with Gasteiger partial charge < -0.3 is 10.4 Å². The molecule has 0 bridgehead atoms. The van der Waals surface area contributed by atoms with E-state index in [0.717, 1.165) is 14.7 Å². The maximum absolute atomic E-state index is 12.0. The van der Waals surface area contributed by atoms with E-state index in [1.807, 2.05) is 32.0 Å². The topological polar surface area (TPSA) is 49.3 Å². The molecule has 0 radical (unpaired) electrons. The highest BCUT2D eigenvalue weighted by atomic mass is 127. The van der Waals surface area contributed by atoms with Gasteiger partial charge in [-0.3, -0.25) is 4.79 Å². The molecular formula is C12H16INO2. The van der Waals surface area contributed by atoms with Gasteiger partial charge in [-0.15, -0.1) is 0 Å². The molecule has 0 spiro atoms. The lowest BCUT2D eigenvalue weighted by Crippen LogP contribution is -2.34. The number of rotatable bonds is 4. The smallest absolute Gasteiger partial charge is 0.252 e. The van der Waals surface area contributed by atoms with Crippen molar-refractivity contribution in [2.75, 3.05) is 6.61 Å². The van der Waals surface area contributed by atoms with Gasteiger partial charge in [0.2, 0.25) is 0 Å². The molecule has 3 nitrogen and oxygen atoms in total. The summed E-state index contributed by atoms with van der Waals surface area (Å²) in [5.41, 5.74) is 1.70. The van der Waals surface area contributed by atoms with E-state index in [9.17, 15) is 4.79 Å². The average molecular weight is 333 g/mol. The van der Waals surface area contributed by atoms with E-state index in [1.165, 1.54) is 0 Å². The molecule has 1 atom stereocenters. The normalized spacial score (nSPS) is 12.2. The molecule has 0 fully saturated rings. The molecule has 0 aromatic heterocycles. The third-order valence-electron chi connectivity index (χ3n) is 2.39. The van der Waals surface area contributed by atoms with Crippen LogP contribution in [0, 0.1) is 10.5 Å². The molecule has 16 heavy (non-hydrogen) atoms. The van der Waals surface area contributed by atoms with Crippen LogP contribution in [0.5, 0.6) is 0 Å². The Morgan fingerprint density at radius 1 is 1.56 bits per heavy atom. The highest BCUT2D eigenvalue weighted by molar-refractivity contribution is 14.1. The Bertz CT molecular complexity index is 359. The van der Waals surface area contributed by atoms with E-state index in [1.54, 1.807) is 0 Å². The zero-order valence-electron chi connectivity index (χ0n) is 9.46. The first-order valence-corrected chi connectivity index (χ1v) is 6.31. The third kappa shape index (κ3) is 3.45. The summed E-state index contributed by atoms with van der Waals surface area (Å²) in [7, 11) is 0. The predicted molar refractivity (Wildman–Crippen MR) is 72.5 cm³/mol. The minimum atomic E-state index is -0.0662. The first kappa shape index (κ1) is 13.4. The average Bonchev–Trinajstić information content (AvgIpc) is 2.17. The summed E-state index contributed by atoms with van der Waals surface area (Å²) >= 11 is 2.16. The van der Waals surface area contributed by atoms with Crippen LogP contribution in [0.15, 0.2) is 18.2 Å². The van der Waals surface area contributed by atoms with Crippen LogP contribution in [0.25, 0.3) is 0 Å². The van der Waals surface area contributed by atoms with Crippen molar-refractivity contribution in [2.24, 2.45) is 0 Å². The van der Waals surface area contributed by atoms with Gasteiger partial charge in [-0.25, -0.2) is 0 Å². The molecule has 0 aliphatic rings. The van der Waals surface area contributed by atoms with Gasteiger partial charge >= 0.3 is 0 Å². The van der Waals surface area contributed by atoms with Crippen molar-refractivity contribution in [2.45, 2.75) is 26.3 Å². The predicted octanol–water partition coefficient (Wildman–Crippen LogP) is 2.10. The van der Waals surface area contributed by atoms with Gasteiger partial charge in [0.05, 0.1) is 5.56 Å². The molecule has 0 heterocycles. The quantitative estimate of drug-likeness (QED) is 0.829. The highest BCUT2D eigenvalue weighted by Crippen LogP contribution is 2.16. The number of hydrogen-bond donors (Lipinski definition) is 2. The summed E-state index contributed by atoms with van der Waals surface area (Å²) in [5, 5.41) is 11.7. The van der Waals surface area contributed by atoms with E-state index in [4.69, 9.17) is 5.11 Å². The molecule has 4 heteroatoms. The number of carbonyl (C=O) groups is 1. The molecule has 0 saturated carbocycles. The van der Waals surface area contributed by atoms with Crippen LogP contribution in [0.4, 0.5) is 0 Å². The largest absolute Gasteiger partial charge is 0.396 e. The van der Waals surface area contributed by atoms with Crippen LogP contribution < -0.4 is 5.32 Å². The number of hydrogen-bond acceptors (Lipinski definition) is 2. The molecule has 0 aliphatic carbocycles. The monoisotopic (exact) mass is 333 g/mol. The maximum Gasteiger partial charge on any atom is 0.252 e. The van der Waals surface area contributed by atoms with E-state index >= 15 is 0 Å². The van der Waals surface area contributed by atoms with Crippen LogP contribution >= 0.6 is 22.6 Å². The lowest BCUT2D eigenvalue weighted by Gasteiger charge is -2.14. The summed E-state index contributed by atoms with van der Waals surface area (Å²) in [6.07, 6.45) is 0.578. The van der Waals surface area contributed by atoms with Gasteiger partial charge in [-0.1, -0.05) is 12.1 Å². The van der Waals surface area contributed by atoms with Crippen molar-refractivity contribution < 1.29 is 9.90 Å². The lowest BCUT2D eigenvalue weighted by molar-refractivity contribution is 0.0933. The van der Waals surface area contributed by atoms with Crippen molar-refractivity contribution in [3.05, 3.63) is 32.9 Å². The van der Waals surface area contributed by atoms with Gasteiger partial charge in [-0.2, -0.15) is 0 Å². The maximum atomic E-state index is 12.0. The zero-order chi connectivity index (χ0) is 12.1.